The predicted octanol–water partition coefficient (Wildman–Crippen LogP) is 7.63. The molecule has 0 aliphatic rings. The van der Waals surface area contributed by atoms with Crippen molar-refractivity contribution in [2.45, 2.75) is 0 Å². The van der Waals surface area contributed by atoms with Crippen LogP contribution in [0.3, 0.4) is 0 Å². The Morgan fingerprint density at radius 2 is 1.26 bits per heavy atom. The Labute approximate surface area is 181 Å². The third kappa shape index (κ3) is 3.84. The lowest BCUT2D eigenvalue weighted by Crippen LogP contribution is -1.91. The molecule has 0 unspecified atom stereocenters. The van der Waals surface area contributed by atoms with Gasteiger partial charge in [0, 0.05) is 17.3 Å². The molecule has 0 aromatic heterocycles. The Bertz CT molecular complexity index is 1370. The highest BCUT2D eigenvalue weighted by Gasteiger charge is 2.14. The maximum atomic E-state index is 11.3. The second kappa shape index (κ2) is 8.29. The Kier molecular flexibility index (Phi) is 5.04. The summed E-state index contributed by atoms with van der Waals surface area (Å²) >= 11 is 0. The van der Waals surface area contributed by atoms with E-state index < -0.39 is 0 Å². The summed E-state index contributed by atoms with van der Waals surface area (Å²) in [5.74, 6) is 0.232. The lowest BCUT2D eigenvalue weighted by Gasteiger charge is -2.14. The smallest absolute Gasteiger partial charge is 0.132 e. The first-order valence-electron chi connectivity index (χ1n) is 10.3. The quantitative estimate of drug-likeness (QED) is 0.310. The van der Waals surface area contributed by atoms with Gasteiger partial charge in [0.25, 0.3) is 0 Å². The van der Waals surface area contributed by atoms with Crippen molar-refractivity contribution < 1.29 is 5.11 Å². The van der Waals surface area contributed by atoms with E-state index in [1.807, 2.05) is 72.8 Å². The first-order chi connectivity index (χ1) is 15.3. The maximum absolute atomic E-state index is 11.3. The molecular weight excluding hydrogens is 378 g/mol. The average molecular weight is 399 g/mol. The highest BCUT2D eigenvalue weighted by molar-refractivity contribution is 6.01. The SMILES string of the molecule is Oc1c(C=Nc2ccccc2)cc(-c2ccccc2)cc1-c1cccc2ccccc12. The third-order valence-corrected chi connectivity index (χ3v) is 5.44. The second-order valence-electron chi connectivity index (χ2n) is 7.45. The van der Waals surface area contributed by atoms with Gasteiger partial charge in [0.15, 0.2) is 0 Å². The number of benzene rings is 5. The molecule has 0 radical (unpaired) electrons. The molecule has 148 valence electrons. The van der Waals surface area contributed by atoms with Gasteiger partial charge in [-0.25, -0.2) is 0 Å². The molecule has 0 bridgehead atoms. The molecular formula is C29H21NO. The normalized spacial score (nSPS) is 11.2. The predicted molar refractivity (Wildman–Crippen MR) is 130 cm³/mol. The molecule has 0 saturated heterocycles. The number of hydrogen-bond acceptors (Lipinski definition) is 2. The van der Waals surface area contributed by atoms with Crippen LogP contribution < -0.4 is 0 Å². The van der Waals surface area contributed by atoms with Gasteiger partial charge in [0.1, 0.15) is 5.75 Å². The minimum Gasteiger partial charge on any atom is -0.507 e. The van der Waals surface area contributed by atoms with E-state index in [2.05, 4.69) is 47.5 Å². The molecule has 1 N–H and O–H groups in total. The van der Waals surface area contributed by atoms with Crippen molar-refractivity contribution in [2.75, 3.05) is 0 Å². The number of para-hydroxylation sites is 1. The van der Waals surface area contributed by atoms with E-state index in [4.69, 9.17) is 0 Å². The van der Waals surface area contributed by atoms with Crippen LogP contribution in [0.1, 0.15) is 5.56 Å². The standard InChI is InChI=1S/C29H21NO/c31-29-24(20-30-25-14-5-2-6-15-25)18-23(21-10-3-1-4-11-21)19-28(29)27-17-9-13-22-12-7-8-16-26(22)27/h1-20,31H. The summed E-state index contributed by atoms with van der Waals surface area (Å²) in [4.78, 5) is 4.58. The largest absolute Gasteiger partial charge is 0.507 e. The monoisotopic (exact) mass is 399 g/mol. The molecule has 0 atom stereocenters. The zero-order valence-corrected chi connectivity index (χ0v) is 16.9. The number of nitrogens with zero attached hydrogens (tertiary/aromatic N) is 1. The van der Waals surface area contributed by atoms with Crippen LogP contribution in [-0.4, -0.2) is 11.3 Å². The van der Waals surface area contributed by atoms with Gasteiger partial charge < -0.3 is 5.11 Å². The van der Waals surface area contributed by atoms with Gasteiger partial charge in [-0.3, -0.25) is 4.99 Å². The van der Waals surface area contributed by atoms with Crippen molar-refractivity contribution in [3.63, 3.8) is 0 Å². The fourth-order valence-electron chi connectivity index (χ4n) is 3.88. The number of rotatable bonds is 4. The Hall–Kier alpha value is -4.17. The number of aliphatic imine (C=N–C) groups is 1. The Morgan fingerprint density at radius 1 is 0.581 bits per heavy atom. The van der Waals surface area contributed by atoms with Gasteiger partial charge >= 0.3 is 0 Å². The fourth-order valence-corrected chi connectivity index (χ4v) is 3.88. The molecule has 2 heteroatoms. The number of phenols is 1. The third-order valence-electron chi connectivity index (χ3n) is 5.44. The molecule has 5 rings (SSSR count). The number of hydrogen-bond donors (Lipinski definition) is 1. The summed E-state index contributed by atoms with van der Waals surface area (Å²) < 4.78 is 0. The Morgan fingerprint density at radius 3 is 2.06 bits per heavy atom. The molecule has 0 fully saturated rings. The van der Waals surface area contributed by atoms with E-state index in [9.17, 15) is 5.11 Å². The molecule has 0 aliphatic heterocycles. The van der Waals surface area contributed by atoms with Crippen molar-refractivity contribution in [2.24, 2.45) is 4.99 Å². The van der Waals surface area contributed by atoms with Crippen molar-refractivity contribution in [3.05, 3.63) is 121 Å². The van der Waals surface area contributed by atoms with Crippen LogP contribution in [-0.2, 0) is 0 Å². The van der Waals surface area contributed by atoms with Crippen LogP contribution in [0.5, 0.6) is 5.75 Å². The van der Waals surface area contributed by atoms with Crippen molar-refractivity contribution in [1.29, 1.82) is 0 Å². The summed E-state index contributed by atoms with van der Waals surface area (Å²) in [6.07, 6.45) is 1.74. The van der Waals surface area contributed by atoms with Crippen LogP contribution in [0.4, 0.5) is 5.69 Å². The van der Waals surface area contributed by atoms with E-state index in [0.717, 1.165) is 38.7 Å². The van der Waals surface area contributed by atoms with Crippen LogP contribution in [0, 0.1) is 0 Å². The lowest BCUT2D eigenvalue weighted by molar-refractivity contribution is 0.476. The number of phenolic OH excluding ortho intramolecular Hbond substituents is 1. The van der Waals surface area contributed by atoms with Crippen molar-refractivity contribution in [3.8, 4) is 28.0 Å². The molecule has 0 aliphatic carbocycles. The van der Waals surface area contributed by atoms with Gasteiger partial charge in [-0.1, -0.05) is 91.0 Å². The lowest BCUT2D eigenvalue weighted by atomic mass is 9.92. The summed E-state index contributed by atoms with van der Waals surface area (Å²) in [6.45, 7) is 0. The molecule has 31 heavy (non-hydrogen) atoms. The van der Waals surface area contributed by atoms with Crippen LogP contribution in [0.15, 0.2) is 120 Å². The first kappa shape index (κ1) is 18.8. The van der Waals surface area contributed by atoms with E-state index in [1.54, 1.807) is 6.21 Å². The van der Waals surface area contributed by atoms with Gasteiger partial charge in [-0.15, -0.1) is 0 Å². The van der Waals surface area contributed by atoms with Gasteiger partial charge in [0.05, 0.1) is 5.69 Å². The topological polar surface area (TPSA) is 32.6 Å². The Balaban J connectivity index is 1.73. The van der Waals surface area contributed by atoms with E-state index in [-0.39, 0.29) is 5.75 Å². The number of aromatic hydroxyl groups is 1. The number of fused-ring (bicyclic) bond motifs is 1. The van der Waals surface area contributed by atoms with E-state index in [1.165, 1.54) is 0 Å². The maximum Gasteiger partial charge on any atom is 0.132 e. The summed E-state index contributed by atoms with van der Waals surface area (Å²) in [5, 5.41) is 13.5. The fraction of sp³-hybridized carbons (Fsp3) is 0. The zero-order valence-electron chi connectivity index (χ0n) is 16.9. The molecule has 0 heterocycles. The van der Waals surface area contributed by atoms with Gasteiger partial charge in [-0.2, -0.15) is 0 Å². The van der Waals surface area contributed by atoms with Crippen molar-refractivity contribution in [1.82, 2.24) is 0 Å². The first-order valence-corrected chi connectivity index (χ1v) is 10.3. The van der Waals surface area contributed by atoms with Crippen LogP contribution >= 0.6 is 0 Å². The zero-order chi connectivity index (χ0) is 21.0. The van der Waals surface area contributed by atoms with Crippen molar-refractivity contribution >= 4 is 22.7 Å². The summed E-state index contributed by atoms with van der Waals surface area (Å²) in [5.41, 5.74) is 5.47. The molecule has 5 aromatic carbocycles. The average Bonchev–Trinajstić information content (AvgIpc) is 2.84. The minimum absolute atomic E-state index is 0.232. The minimum atomic E-state index is 0.232. The highest BCUT2D eigenvalue weighted by atomic mass is 16.3. The van der Waals surface area contributed by atoms with E-state index >= 15 is 0 Å². The van der Waals surface area contributed by atoms with Gasteiger partial charge in [0.2, 0.25) is 0 Å². The molecule has 0 amide bonds. The molecule has 0 saturated carbocycles. The molecule has 2 nitrogen and oxygen atoms in total. The van der Waals surface area contributed by atoms with Crippen LogP contribution in [0.2, 0.25) is 0 Å². The second-order valence-corrected chi connectivity index (χ2v) is 7.45. The summed E-state index contributed by atoms with van der Waals surface area (Å²) in [7, 11) is 0. The molecule has 5 aromatic rings. The highest BCUT2D eigenvalue weighted by Crippen LogP contribution is 2.39. The summed E-state index contributed by atoms with van der Waals surface area (Å²) in [6, 6.07) is 38.5. The van der Waals surface area contributed by atoms with E-state index in [0.29, 0.717) is 5.56 Å². The van der Waals surface area contributed by atoms with Crippen LogP contribution in [0.25, 0.3) is 33.0 Å². The van der Waals surface area contributed by atoms with Gasteiger partial charge in [-0.05, 0) is 51.7 Å². The molecule has 0 spiro atoms.